The Morgan fingerprint density at radius 2 is 1.58 bits per heavy atom. The van der Waals surface area contributed by atoms with Crippen LogP contribution in [0.3, 0.4) is 0 Å². The van der Waals surface area contributed by atoms with Gasteiger partial charge in [0.1, 0.15) is 6.33 Å². The van der Waals surface area contributed by atoms with Crippen molar-refractivity contribution in [2.75, 3.05) is 5.32 Å². The first-order chi connectivity index (χ1) is 12.7. The molecule has 1 aliphatic carbocycles. The number of aromatic nitrogens is 2. The summed E-state index contributed by atoms with van der Waals surface area (Å²) in [6.07, 6.45) is 1.54. The van der Waals surface area contributed by atoms with Gasteiger partial charge >= 0.3 is 0 Å². The zero-order chi connectivity index (χ0) is 17.7. The second-order valence-corrected chi connectivity index (χ2v) is 6.55. The highest BCUT2D eigenvalue weighted by Crippen LogP contribution is 2.39. The molecule has 0 radical (unpaired) electrons. The summed E-state index contributed by atoms with van der Waals surface area (Å²) in [6, 6.07) is 18.7. The summed E-state index contributed by atoms with van der Waals surface area (Å²) in [6.45, 7) is 0. The predicted molar refractivity (Wildman–Crippen MR) is 103 cm³/mol. The first-order valence-electron chi connectivity index (χ1n) is 8.17. The lowest BCUT2D eigenvalue weighted by Crippen LogP contribution is -2.12. The molecule has 26 heavy (non-hydrogen) atoms. The van der Waals surface area contributed by atoms with Crippen LogP contribution in [0.1, 0.15) is 15.9 Å². The second kappa shape index (κ2) is 5.64. The van der Waals surface area contributed by atoms with Crippen LogP contribution in [-0.2, 0) is 0 Å². The van der Waals surface area contributed by atoms with Crippen LogP contribution < -0.4 is 5.32 Å². The first kappa shape index (κ1) is 15.0. The second-order valence-electron chi connectivity index (χ2n) is 6.11. The molecular formula is C21H12ClN3O. The van der Waals surface area contributed by atoms with Crippen molar-refractivity contribution >= 4 is 39.7 Å². The van der Waals surface area contributed by atoms with Crippen LogP contribution in [0.5, 0.6) is 0 Å². The van der Waals surface area contributed by atoms with Crippen LogP contribution in [0.15, 0.2) is 67.0 Å². The van der Waals surface area contributed by atoms with Crippen molar-refractivity contribution in [3.8, 4) is 11.3 Å². The van der Waals surface area contributed by atoms with Gasteiger partial charge in [0, 0.05) is 32.8 Å². The van der Waals surface area contributed by atoms with Crippen LogP contribution in [0.25, 0.3) is 22.2 Å². The predicted octanol–water partition coefficient (Wildman–Crippen LogP) is 5.24. The lowest BCUT2D eigenvalue weighted by molar-refractivity contribution is 0.104. The number of rotatable bonds is 2. The van der Waals surface area contributed by atoms with Crippen LogP contribution in [0, 0.1) is 0 Å². The minimum Gasteiger partial charge on any atom is -0.354 e. The molecule has 3 aromatic carbocycles. The molecule has 0 amide bonds. The molecule has 0 atom stereocenters. The van der Waals surface area contributed by atoms with E-state index in [1.54, 1.807) is 6.33 Å². The van der Waals surface area contributed by atoms with Gasteiger partial charge in [0.2, 0.25) is 0 Å². The molecule has 0 unspecified atom stereocenters. The van der Waals surface area contributed by atoms with Crippen molar-refractivity contribution in [1.29, 1.82) is 0 Å². The smallest absolute Gasteiger partial charge is 0.194 e. The van der Waals surface area contributed by atoms with E-state index in [-0.39, 0.29) is 5.78 Å². The van der Waals surface area contributed by atoms with Gasteiger partial charge in [-0.1, -0.05) is 35.9 Å². The lowest BCUT2D eigenvalue weighted by Gasteiger charge is -2.20. The van der Waals surface area contributed by atoms with Crippen molar-refractivity contribution in [1.82, 2.24) is 9.97 Å². The van der Waals surface area contributed by atoms with E-state index >= 15 is 0 Å². The van der Waals surface area contributed by atoms with Crippen LogP contribution in [0.4, 0.5) is 11.4 Å². The molecule has 1 N–H and O–H groups in total. The summed E-state index contributed by atoms with van der Waals surface area (Å²) in [5, 5.41) is 4.82. The number of halogens is 1. The molecule has 124 valence electrons. The maximum atomic E-state index is 12.9. The Balaban J connectivity index is 1.74. The number of carbonyl (C=O) groups excluding carboxylic acids is 1. The average molecular weight is 358 g/mol. The topological polar surface area (TPSA) is 54.9 Å². The number of hydrogen-bond acceptors (Lipinski definition) is 4. The summed E-state index contributed by atoms with van der Waals surface area (Å²) in [5.41, 5.74) is 5.40. The van der Waals surface area contributed by atoms with Crippen LogP contribution >= 0.6 is 11.6 Å². The van der Waals surface area contributed by atoms with Crippen molar-refractivity contribution in [3.05, 3.63) is 83.1 Å². The molecule has 0 fully saturated rings. The molecular weight excluding hydrogens is 346 g/mol. The number of carbonyl (C=O) groups is 1. The molecule has 0 bridgehead atoms. The molecule has 0 saturated heterocycles. The summed E-state index contributed by atoms with van der Waals surface area (Å²) in [5.74, 6) is 0.00550. The minimum absolute atomic E-state index is 0.00550. The Bertz CT molecular complexity index is 1190. The standard InChI is InChI=1S/C21H12ClN3O/c22-12-5-7-13(8-6-12)25-17-10-9-16-18-19(23-11-24-20(17)18)14-3-1-2-4-15(14)21(16)26/h1-11,25H. The first-order valence-corrected chi connectivity index (χ1v) is 8.54. The number of nitrogens with one attached hydrogen (secondary N) is 1. The van der Waals surface area contributed by atoms with Gasteiger partial charge in [-0.3, -0.25) is 4.79 Å². The van der Waals surface area contributed by atoms with Crippen LogP contribution in [0.2, 0.25) is 5.02 Å². The number of hydrogen-bond donors (Lipinski definition) is 1. The van der Waals surface area contributed by atoms with E-state index in [0.29, 0.717) is 16.1 Å². The Hall–Kier alpha value is -3.24. The maximum Gasteiger partial charge on any atom is 0.194 e. The SMILES string of the molecule is O=C1c2ccccc2-c2ncnc3c(Nc4ccc(Cl)cc4)ccc1c23. The van der Waals surface area contributed by atoms with Gasteiger partial charge in [0.25, 0.3) is 0 Å². The largest absolute Gasteiger partial charge is 0.354 e. The average Bonchev–Trinajstić information content (AvgIpc) is 2.68. The molecule has 1 heterocycles. The van der Waals surface area contributed by atoms with E-state index in [1.165, 1.54) is 0 Å². The van der Waals surface area contributed by atoms with E-state index in [4.69, 9.17) is 11.6 Å². The number of ketones is 1. The molecule has 0 saturated carbocycles. The highest BCUT2D eigenvalue weighted by atomic mass is 35.5. The van der Waals surface area contributed by atoms with Gasteiger partial charge in [-0.25, -0.2) is 9.97 Å². The van der Waals surface area contributed by atoms with Crippen LogP contribution in [-0.4, -0.2) is 15.8 Å². The van der Waals surface area contributed by atoms with E-state index < -0.39 is 0 Å². The molecule has 0 spiro atoms. The summed E-state index contributed by atoms with van der Waals surface area (Å²) < 4.78 is 0. The monoisotopic (exact) mass is 357 g/mol. The lowest BCUT2D eigenvalue weighted by atomic mass is 9.86. The van der Waals surface area contributed by atoms with E-state index in [1.807, 2.05) is 60.7 Å². The van der Waals surface area contributed by atoms with Gasteiger partial charge in [0.15, 0.2) is 5.78 Å². The van der Waals surface area contributed by atoms with Gasteiger partial charge in [0.05, 0.1) is 16.9 Å². The summed E-state index contributed by atoms with van der Waals surface area (Å²) in [4.78, 5) is 21.8. The van der Waals surface area contributed by atoms with E-state index in [9.17, 15) is 4.79 Å². The van der Waals surface area contributed by atoms with Crippen molar-refractivity contribution in [2.45, 2.75) is 0 Å². The van der Waals surface area contributed by atoms with Crippen molar-refractivity contribution < 1.29 is 4.79 Å². The van der Waals surface area contributed by atoms with Crippen molar-refractivity contribution in [3.63, 3.8) is 0 Å². The third kappa shape index (κ3) is 2.20. The van der Waals surface area contributed by atoms with Crippen molar-refractivity contribution in [2.24, 2.45) is 0 Å². The highest BCUT2D eigenvalue weighted by molar-refractivity contribution is 6.30. The molecule has 1 aromatic heterocycles. The van der Waals surface area contributed by atoms with Gasteiger partial charge in [-0.15, -0.1) is 0 Å². The fourth-order valence-electron chi connectivity index (χ4n) is 3.39. The number of fused-ring (bicyclic) bond motifs is 2. The number of anilines is 2. The van der Waals surface area contributed by atoms with Gasteiger partial charge < -0.3 is 5.32 Å². The van der Waals surface area contributed by atoms with Gasteiger partial charge in [-0.2, -0.15) is 0 Å². The molecule has 5 rings (SSSR count). The zero-order valence-electron chi connectivity index (χ0n) is 13.5. The molecule has 1 aliphatic rings. The minimum atomic E-state index is 0.00550. The fraction of sp³-hybridized carbons (Fsp3) is 0. The Morgan fingerprint density at radius 3 is 2.38 bits per heavy atom. The molecule has 5 heteroatoms. The summed E-state index contributed by atoms with van der Waals surface area (Å²) in [7, 11) is 0. The quantitative estimate of drug-likeness (QED) is 0.469. The van der Waals surface area contributed by atoms with E-state index in [0.717, 1.165) is 33.5 Å². The summed E-state index contributed by atoms with van der Waals surface area (Å²) >= 11 is 5.96. The van der Waals surface area contributed by atoms with E-state index in [2.05, 4.69) is 15.3 Å². The normalized spacial score (nSPS) is 12.1. The number of benzene rings is 3. The third-order valence-corrected chi connectivity index (χ3v) is 4.84. The molecule has 0 aliphatic heterocycles. The highest BCUT2D eigenvalue weighted by Gasteiger charge is 2.27. The van der Waals surface area contributed by atoms with Gasteiger partial charge in [-0.05, 0) is 36.4 Å². The Morgan fingerprint density at radius 1 is 0.808 bits per heavy atom. The fourth-order valence-corrected chi connectivity index (χ4v) is 3.52. The molecule has 4 aromatic rings. The third-order valence-electron chi connectivity index (χ3n) is 4.58. The zero-order valence-corrected chi connectivity index (χ0v) is 14.3. The maximum absolute atomic E-state index is 12.9. The Kier molecular flexibility index (Phi) is 3.27. The number of nitrogens with zero attached hydrogens (tertiary/aromatic N) is 2. The molecule has 4 nitrogen and oxygen atoms in total. The Labute approximate surface area is 154 Å².